The highest BCUT2D eigenvalue weighted by Crippen LogP contribution is 2.28. The Balaban J connectivity index is 1.96. The third-order valence-electron chi connectivity index (χ3n) is 4.32. The lowest BCUT2D eigenvalue weighted by Crippen LogP contribution is -2.50. The Hall–Kier alpha value is -1.15. The lowest BCUT2D eigenvalue weighted by Gasteiger charge is -2.31. The molecule has 116 valence electrons. The van der Waals surface area contributed by atoms with Crippen LogP contribution in [0.2, 0.25) is 0 Å². The molecule has 1 heterocycles. The van der Waals surface area contributed by atoms with Crippen LogP contribution in [0.1, 0.15) is 38.5 Å². The molecule has 5 heteroatoms. The quantitative estimate of drug-likeness (QED) is 0.620. The topological polar surface area (TPSA) is 49.4 Å². The molecule has 0 aromatic heterocycles. The molecule has 1 N–H and O–H groups in total. The lowest BCUT2D eigenvalue weighted by molar-refractivity contribution is -0.135. The van der Waals surface area contributed by atoms with Gasteiger partial charge >= 0.3 is 0 Å². The van der Waals surface area contributed by atoms with Crippen LogP contribution in [0.4, 0.5) is 0 Å². The van der Waals surface area contributed by atoms with E-state index in [2.05, 4.69) is 11.2 Å². The van der Waals surface area contributed by atoms with Gasteiger partial charge in [-0.1, -0.05) is 25.2 Å². The molecule has 2 rings (SSSR count). The Kier molecular flexibility index (Phi) is 6.44. The van der Waals surface area contributed by atoms with Gasteiger partial charge < -0.3 is 10.2 Å². The molecule has 2 fully saturated rings. The highest BCUT2D eigenvalue weighted by atomic mass is 32.2. The third kappa shape index (κ3) is 4.67. The first-order valence-electron chi connectivity index (χ1n) is 7.81. The van der Waals surface area contributed by atoms with E-state index in [-0.39, 0.29) is 17.9 Å². The fourth-order valence-electron chi connectivity index (χ4n) is 3.17. The van der Waals surface area contributed by atoms with E-state index in [1.165, 1.54) is 19.3 Å². The van der Waals surface area contributed by atoms with Crippen molar-refractivity contribution in [1.82, 2.24) is 10.2 Å². The van der Waals surface area contributed by atoms with Crippen LogP contribution in [0.5, 0.6) is 0 Å². The van der Waals surface area contributed by atoms with Crippen LogP contribution < -0.4 is 5.32 Å². The van der Waals surface area contributed by atoms with Gasteiger partial charge in [0.2, 0.25) is 11.8 Å². The molecule has 1 aliphatic heterocycles. The van der Waals surface area contributed by atoms with E-state index in [9.17, 15) is 9.59 Å². The van der Waals surface area contributed by atoms with E-state index in [4.69, 9.17) is 6.42 Å². The van der Waals surface area contributed by atoms with Crippen LogP contribution in [0.25, 0.3) is 0 Å². The summed E-state index contributed by atoms with van der Waals surface area (Å²) in [6, 6.07) is -0.307. The summed E-state index contributed by atoms with van der Waals surface area (Å²) in [5.41, 5.74) is 0. The van der Waals surface area contributed by atoms with Gasteiger partial charge in [0.1, 0.15) is 6.04 Å². The zero-order valence-corrected chi connectivity index (χ0v) is 13.3. The van der Waals surface area contributed by atoms with Crippen LogP contribution in [0.15, 0.2) is 0 Å². The number of hydrogen-bond acceptors (Lipinski definition) is 3. The molecule has 1 atom stereocenters. The summed E-state index contributed by atoms with van der Waals surface area (Å²) in [6.45, 7) is 1.22. The monoisotopic (exact) mass is 308 g/mol. The van der Waals surface area contributed by atoms with Crippen molar-refractivity contribution >= 4 is 23.6 Å². The molecule has 0 spiro atoms. The average Bonchev–Trinajstić information content (AvgIpc) is 2.65. The molecule has 1 aliphatic carbocycles. The predicted molar refractivity (Wildman–Crippen MR) is 85.9 cm³/mol. The van der Waals surface area contributed by atoms with Gasteiger partial charge in [0, 0.05) is 25.3 Å². The third-order valence-corrected chi connectivity index (χ3v) is 5.16. The molecule has 1 saturated heterocycles. The highest BCUT2D eigenvalue weighted by molar-refractivity contribution is 7.99. The number of amides is 2. The molecule has 2 amide bonds. The van der Waals surface area contributed by atoms with Crippen molar-refractivity contribution in [2.24, 2.45) is 5.92 Å². The van der Waals surface area contributed by atoms with E-state index in [0.29, 0.717) is 31.2 Å². The number of nitrogens with one attached hydrogen (secondary N) is 1. The van der Waals surface area contributed by atoms with E-state index < -0.39 is 0 Å². The number of hydrogen-bond donors (Lipinski definition) is 1. The largest absolute Gasteiger partial charge is 0.344 e. The molecule has 0 bridgehead atoms. The SMILES string of the molecule is C#CCSCCN1CCC(=O)NC(C2CCCCC2)C1=O. The molecular formula is C16H24N2O2S. The fraction of sp³-hybridized carbons (Fsp3) is 0.750. The maximum atomic E-state index is 12.7. The summed E-state index contributed by atoms with van der Waals surface area (Å²) in [7, 11) is 0. The minimum atomic E-state index is -0.307. The molecule has 2 aliphatic rings. The first kappa shape index (κ1) is 16.2. The summed E-state index contributed by atoms with van der Waals surface area (Å²) in [4.78, 5) is 26.4. The molecule has 4 nitrogen and oxygen atoms in total. The van der Waals surface area contributed by atoms with Gasteiger partial charge in [-0.3, -0.25) is 9.59 Å². The van der Waals surface area contributed by atoms with Crippen molar-refractivity contribution in [3.63, 3.8) is 0 Å². The van der Waals surface area contributed by atoms with E-state index >= 15 is 0 Å². The number of rotatable bonds is 5. The number of terminal acetylenes is 1. The number of carbonyl (C=O) groups is 2. The first-order valence-corrected chi connectivity index (χ1v) is 8.97. The second kappa shape index (κ2) is 8.33. The van der Waals surface area contributed by atoms with Gasteiger partial charge in [-0.05, 0) is 18.8 Å². The Labute approximate surface area is 131 Å². The summed E-state index contributed by atoms with van der Waals surface area (Å²) in [6.07, 6.45) is 11.3. The molecule has 0 aromatic carbocycles. The Morgan fingerprint density at radius 2 is 2.05 bits per heavy atom. The number of nitrogens with zero attached hydrogens (tertiary/aromatic N) is 1. The smallest absolute Gasteiger partial charge is 0.245 e. The molecule has 1 unspecified atom stereocenters. The molecule has 1 saturated carbocycles. The van der Waals surface area contributed by atoms with Gasteiger partial charge in [0.15, 0.2) is 0 Å². The zero-order valence-electron chi connectivity index (χ0n) is 12.5. The normalized spacial score (nSPS) is 24.3. The standard InChI is InChI=1S/C16H24N2O2S/c1-2-11-21-12-10-18-9-8-14(19)17-15(16(18)20)13-6-4-3-5-7-13/h1,13,15H,3-12H2,(H,17,19). The van der Waals surface area contributed by atoms with Gasteiger partial charge in [0.25, 0.3) is 0 Å². The summed E-state index contributed by atoms with van der Waals surface area (Å²) in [5.74, 6) is 4.53. The first-order chi connectivity index (χ1) is 10.2. The van der Waals surface area contributed by atoms with Crippen LogP contribution in [0, 0.1) is 18.3 Å². The zero-order chi connectivity index (χ0) is 15.1. The van der Waals surface area contributed by atoms with Crippen LogP contribution >= 0.6 is 11.8 Å². The Morgan fingerprint density at radius 1 is 1.29 bits per heavy atom. The van der Waals surface area contributed by atoms with Crippen LogP contribution in [-0.4, -0.2) is 47.4 Å². The molecular weight excluding hydrogens is 284 g/mol. The van der Waals surface area contributed by atoms with Crippen molar-refractivity contribution in [3.8, 4) is 12.3 Å². The van der Waals surface area contributed by atoms with Crippen molar-refractivity contribution in [2.75, 3.05) is 24.6 Å². The number of thioether (sulfide) groups is 1. The van der Waals surface area contributed by atoms with Crippen LogP contribution in [0.3, 0.4) is 0 Å². The van der Waals surface area contributed by atoms with Crippen molar-refractivity contribution in [2.45, 2.75) is 44.6 Å². The average molecular weight is 308 g/mol. The summed E-state index contributed by atoms with van der Waals surface area (Å²) < 4.78 is 0. The van der Waals surface area contributed by atoms with Crippen molar-refractivity contribution in [3.05, 3.63) is 0 Å². The molecule has 0 aromatic rings. The highest BCUT2D eigenvalue weighted by Gasteiger charge is 2.35. The van der Waals surface area contributed by atoms with E-state index in [0.717, 1.165) is 18.6 Å². The van der Waals surface area contributed by atoms with E-state index in [1.54, 1.807) is 11.8 Å². The van der Waals surface area contributed by atoms with Gasteiger partial charge in [-0.15, -0.1) is 18.2 Å². The van der Waals surface area contributed by atoms with E-state index in [1.807, 2.05) is 4.90 Å². The Morgan fingerprint density at radius 3 is 2.76 bits per heavy atom. The second-order valence-corrected chi connectivity index (χ2v) is 6.88. The van der Waals surface area contributed by atoms with Gasteiger partial charge in [-0.2, -0.15) is 0 Å². The van der Waals surface area contributed by atoms with Gasteiger partial charge in [0.05, 0.1) is 5.75 Å². The maximum absolute atomic E-state index is 12.7. The van der Waals surface area contributed by atoms with Crippen molar-refractivity contribution < 1.29 is 9.59 Å². The molecule has 21 heavy (non-hydrogen) atoms. The van der Waals surface area contributed by atoms with Gasteiger partial charge in [-0.25, -0.2) is 0 Å². The number of carbonyl (C=O) groups excluding carboxylic acids is 2. The maximum Gasteiger partial charge on any atom is 0.245 e. The Bertz CT molecular complexity index is 413. The van der Waals surface area contributed by atoms with Crippen molar-refractivity contribution in [1.29, 1.82) is 0 Å². The lowest BCUT2D eigenvalue weighted by atomic mass is 9.83. The second-order valence-electron chi connectivity index (χ2n) is 5.78. The minimum absolute atomic E-state index is 0.0118. The van der Waals surface area contributed by atoms with Crippen LogP contribution in [-0.2, 0) is 9.59 Å². The summed E-state index contributed by atoms with van der Waals surface area (Å²) in [5, 5.41) is 2.96. The fourth-order valence-corrected chi connectivity index (χ4v) is 3.78. The predicted octanol–water partition coefficient (Wildman–Crippen LogP) is 1.65. The minimum Gasteiger partial charge on any atom is -0.344 e. The summed E-state index contributed by atoms with van der Waals surface area (Å²) >= 11 is 1.66. The molecule has 0 radical (unpaired) electrons.